The summed E-state index contributed by atoms with van der Waals surface area (Å²) >= 11 is 0. The minimum absolute atomic E-state index is 0.00743. The monoisotopic (exact) mass is 212 g/mol. The van der Waals surface area contributed by atoms with Gasteiger partial charge in [-0.25, -0.2) is 4.39 Å². The number of nitrogens with zero attached hydrogens (tertiary/aromatic N) is 2. The van der Waals surface area contributed by atoms with Crippen molar-refractivity contribution in [2.45, 2.75) is 6.42 Å². The molecule has 0 aliphatic heterocycles. The van der Waals surface area contributed by atoms with Crippen molar-refractivity contribution in [1.29, 1.82) is 5.26 Å². The number of rotatable bonds is 2. The number of benzene rings is 1. The maximum atomic E-state index is 13.9. The molecule has 0 radical (unpaired) electrons. The van der Waals surface area contributed by atoms with Crippen LogP contribution in [0, 0.1) is 17.1 Å². The van der Waals surface area contributed by atoms with Crippen LogP contribution in [-0.4, -0.2) is 4.98 Å². The molecule has 0 saturated heterocycles. The lowest BCUT2D eigenvalue weighted by molar-refractivity contribution is 0.609. The maximum Gasteiger partial charge on any atom is 0.153 e. The van der Waals surface area contributed by atoms with Crippen LogP contribution >= 0.6 is 0 Å². The quantitative estimate of drug-likeness (QED) is 0.767. The first-order valence-corrected chi connectivity index (χ1v) is 4.88. The highest BCUT2D eigenvalue weighted by molar-refractivity contribution is 5.64. The van der Waals surface area contributed by atoms with Crippen molar-refractivity contribution >= 4 is 0 Å². The van der Waals surface area contributed by atoms with E-state index >= 15 is 0 Å². The molecule has 0 bridgehead atoms. The Balaban J connectivity index is 2.51. The number of halogens is 1. The Morgan fingerprint density at radius 2 is 1.94 bits per heavy atom. The zero-order valence-electron chi connectivity index (χ0n) is 8.52. The molecule has 0 aliphatic carbocycles. The Morgan fingerprint density at radius 3 is 2.62 bits per heavy atom. The van der Waals surface area contributed by atoms with Crippen LogP contribution in [0.5, 0.6) is 0 Å². The Morgan fingerprint density at radius 1 is 1.19 bits per heavy atom. The number of nitriles is 1. The van der Waals surface area contributed by atoms with Crippen LogP contribution in [-0.2, 0) is 6.42 Å². The molecule has 2 rings (SSSR count). The van der Waals surface area contributed by atoms with E-state index < -0.39 is 5.82 Å². The van der Waals surface area contributed by atoms with E-state index in [0.717, 1.165) is 5.56 Å². The summed E-state index contributed by atoms with van der Waals surface area (Å²) in [5.74, 6) is -0.407. The van der Waals surface area contributed by atoms with E-state index in [1.54, 1.807) is 6.07 Å². The Kier molecular flexibility index (Phi) is 2.93. The minimum Gasteiger partial charge on any atom is -0.257 e. The van der Waals surface area contributed by atoms with Gasteiger partial charge in [-0.3, -0.25) is 4.98 Å². The fourth-order valence-corrected chi connectivity index (χ4v) is 1.53. The number of hydrogen-bond acceptors (Lipinski definition) is 2. The molecule has 0 N–H and O–H groups in total. The van der Waals surface area contributed by atoms with E-state index in [0.29, 0.717) is 5.56 Å². The minimum atomic E-state index is -0.407. The predicted octanol–water partition coefficient (Wildman–Crippen LogP) is 2.95. The molecule has 0 spiro atoms. The van der Waals surface area contributed by atoms with E-state index in [4.69, 9.17) is 5.26 Å². The summed E-state index contributed by atoms with van der Waals surface area (Å²) in [7, 11) is 0. The summed E-state index contributed by atoms with van der Waals surface area (Å²) < 4.78 is 13.9. The first-order valence-electron chi connectivity index (χ1n) is 4.88. The van der Waals surface area contributed by atoms with Gasteiger partial charge in [-0.15, -0.1) is 0 Å². The molecule has 1 aromatic heterocycles. The van der Waals surface area contributed by atoms with Gasteiger partial charge in [0.25, 0.3) is 0 Å². The molecule has 0 aliphatic rings. The van der Waals surface area contributed by atoms with E-state index in [1.165, 1.54) is 6.20 Å². The van der Waals surface area contributed by atoms with Crippen LogP contribution in [0.15, 0.2) is 42.6 Å². The average Bonchev–Trinajstić information content (AvgIpc) is 2.33. The van der Waals surface area contributed by atoms with Crippen molar-refractivity contribution < 1.29 is 4.39 Å². The molecule has 78 valence electrons. The van der Waals surface area contributed by atoms with E-state index in [-0.39, 0.29) is 12.1 Å². The first-order chi connectivity index (χ1) is 7.83. The molecular weight excluding hydrogens is 203 g/mol. The van der Waals surface area contributed by atoms with Gasteiger partial charge in [0.05, 0.1) is 18.2 Å². The van der Waals surface area contributed by atoms with Crippen LogP contribution in [0.2, 0.25) is 0 Å². The lowest BCUT2D eigenvalue weighted by atomic mass is 10.0. The van der Waals surface area contributed by atoms with Crippen molar-refractivity contribution in [3.05, 3.63) is 54.1 Å². The molecule has 2 aromatic rings. The summed E-state index contributed by atoms with van der Waals surface area (Å²) in [4.78, 5) is 3.86. The average molecular weight is 212 g/mol. The molecular formula is C13H9FN2. The number of hydrogen-bond donors (Lipinski definition) is 0. The third-order valence-electron chi connectivity index (χ3n) is 2.29. The molecule has 0 fully saturated rings. The topological polar surface area (TPSA) is 36.7 Å². The second kappa shape index (κ2) is 4.54. The van der Waals surface area contributed by atoms with Gasteiger partial charge in [0.1, 0.15) is 0 Å². The molecule has 0 saturated carbocycles. The summed E-state index contributed by atoms with van der Waals surface area (Å²) in [6.07, 6.45) is 1.52. The lowest BCUT2D eigenvalue weighted by Crippen LogP contribution is -1.96. The van der Waals surface area contributed by atoms with Gasteiger partial charge >= 0.3 is 0 Å². The van der Waals surface area contributed by atoms with E-state index in [2.05, 4.69) is 4.98 Å². The standard InChI is InChI=1S/C13H9FN2/c14-13-11(10-4-2-1-3-5-10)7-9-16-12(13)6-8-15/h1-5,7,9H,6H2. The summed E-state index contributed by atoms with van der Waals surface area (Å²) in [6.45, 7) is 0. The zero-order valence-corrected chi connectivity index (χ0v) is 8.52. The van der Waals surface area contributed by atoms with Gasteiger partial charge in [-0.1, -0.05) is 30.3 Å². The zero-order chi connectivity index (χ0) is 11.4. The van der Waals surface area contributed by atoms with Gasteiger partial charge in [0, 0.05) is 11.8 Å². The third kappa shape index (κ3) is 1.91. The van der Waals surface area contributed by atoms with Gasteiger partial charge < -0.3 is 0 Å². The maximum absolute atomic E-state index is 13.9. The van der Waals surface area contributed by atoms with Gasteiger partial charge in [0.2, 0.25) is 0 Å². The predicted molar refractivity (Wildman–Crippen MR) is 58.9 cm³/mol. The summed E-state index contributed by atoms with van der Waals surface area (Å²) in [6, 6.07) is 12.7. The summed E-state index contributed by atoms with van der Waals surface area (Å²) in [5, 5.41) is 8.55. The Hall–Kier alpha value is -2.21. The SMILES string of the molecule is N#CCc1nccc(-c2ccccc2)c1F. The molecule has 1 aromatic carbocycles. The lowest BCUT2D eigenvalue weighted by Gasteiger charge is -2.05. The normalized spacial score (nSPS) is 9.75. The van der Waals surface area contributed by atoms with Crippen molar-refractivity contribution in [2.24, 2.45) is 0 Å². The van der Waals surface area contributed by atoms with Crippen molar-refractivity contribution in [2.75, 3.05) is 0 Å². The van der Waals surface area contributed by atoms with Crippen molar-refractivity contribution in [1.82, 2.24) is 4.98 Å². The molecule has 1 heterocycles. The number of aromatic nitrogens is 1. The van der Waals surface area contributed by atoms with Crippen LogP contribution < -0.4 is 0 Å². The highest BCUT2D eigenvalue weighted by atomic mass is 19.1. The molecule has 0 atom stereocenters. The molecule has 2 nitrogen and oxygen atoms in total. The van der Waals surface area contributed by atoms with Crippen LogP contribution in [0.1, 0.15) is 5.69 Å². The van der Waals surface area contributed by atoms with Gasteiger partial charge in [0.15, 0.2) is 5.82 Å². The van der Waals surface area contributed by atoms with Gasteiger partial charge in [-0.2, -0.15) is 5.26 Å². The highest BCUT2D eigenvalue weighted by Gasteiger charge is 2.10. The third-order valence-corrected chi connectivity index (χ3v) is 2.29. The second-order valence-corrected chi connectivity index (χ2v) is 3.32. The Labute approximate surface area is 93.0 Å². The van der Waals surface area contributed by atoms with Crippen LogP contribution in [0.4, 0.5) is 4.39 Å². The smallest absolute Gasteiger partial charge is 0.153 e. The first kappa shape index (κ1) is 10.3. The fraction of sp³-hybridized carbons (Fsp3) is 0.0769. The molecule has 0 unspecified atom stereocenters. The molecule has 3 heteroatoms. The summed E-state index contributed by atoms with van der Waals surface area (Å²) in [5.41, 5.74) is 1.48. The van der Waals surface area contributed by atoms with Crippen LogP contribution in [0.3, 0.4) is 0 Å². The molecule has 16 heavy (non-hydrogen) atoms. The van der Waals surface area contributed by atoms with Gasteiger partial charge in [-0.05, 0) is 11.6 Å². The number of pyridine rings is 1. The van der Waals surface area contributed by atoms with E-state index in [9.17, 15) is 4.39 Å². The van der Waals surface area contributed by atoms with E-state index in [1.807, 2.05) is 36.4 Å². The van der Waals surface area contributed by atoms with Crippen LogP contribution in [0.25, 0.3) is 11.1 Å². The second-order valence-electron chi connectivity index (χ2n) is 3.32. The fourth-order valence-electron chi connectivity index (χ4n) is 1.53. The van der Waals surface area contributed by atoms with Crippen molar-refractivity contribution in [3.8, 4) is 17.2 Å². The highest BCUT2D eigenvalue weighted by Crippen LogP contribution is 2.23. The largest absolute Gasteiger partial charge is 0.257 e. The molecule has 0 amide bonds. The van der Waals surface area contributed by atoms with Crippen molar-refractivity contribution in [3.63, 3.8) is 0 Å². The Bertz CT molecular complexity index is 529.